The van der Waals surface area contributed by atoms with Crippen LogP contribution in [0.5, 0.6) is 5.75 Å². The Morgan fingerprint density at radius 3 is 2.56 bits per heavy atom. The Labute approximate surface area is 213 Å². The van der Waals surface area contributed by atoms with E-state index in [9.17, 15) is 18.3 Å². The molecule has 194 valence electrons. The van der Waals surface area contributed by atoms with Crippen LogP contribution in [0.1, 0.15) is 48.8 Å². The van der Waals surface area contributed by atoms with Crippen molar-refractivity contribution in [3.8, 4) is 5.75 Å². The van der Waals surface area contributed by atoms with Crippen molar-refractivity contribution in [2.75, 3.05) is 46.4 Å². The quantitative estimate of drug-likeness (QED) is 0.612. The highest BCUT2D eigenvalue weighted by molar-refractivity contribution is 7.89. The number of hydrogen-bond acceptors (Lipinski definition) is 6. The number of fused-ring (bicyclic) bond motifs is 1. The lowest BCUT2D eigenvalue weighted by Gasteiger charge is -2.36. The first-order valence-electron chi connectivity index (χ1n) is 12.8. The van der Waals surface area contributed by atoms with Crippen LogP contribution in [-0.4, -0.2) is 86.0 Å². The van der Waals surface area contributed by atoms with Gasteiger partial charge in [0.15, 0.2) is 0 Å². The van der Waals surface area contributed by atoms with Crippen LogP contribution in [0.4, 0.5) is 0 Å². The lowest BCUT2D eigenvalue weighted by atomic mass is 9.91. The van der Waals surface area contributed by atoms with Gasteiger partial charge in [-0.05, 0) is 49.4 Å². The Hall–Kier alpha value is -2.46. The molecule has 36 heavy (non-hydrogen) atoms. The molecule has 0 spiro atoms. The van der Waals surface area contributed by atoms with Crippen LogP contribution in [0.15, 0.2) is 53.4 Å². The zero-order chi connectivity index (χ0) is 25.3. The number of sulfonamides is 1. The van der Waals surface area contributed by atoms with E-state index in [0.717, 1.165) is 31.4 Å². The number of carbonyl (C=O) groups is 1. The van der Waals surface area contributed by atoms with Gasteiger partial charge >= 0.3 is 0 Å². The Morgan fingerprint density at radius 1 is 1.11 bits per heavy atom. The van der Waals surface area contributed by atoms with Gasteiger partial charge < -0.3 is 14.7 Å². The molecule has 0 aromatic heterocycles. The van der Waals surface area contributed by atoms with Gasteiger partial charge in [0.25, 0.3) is 0 Å². The second-order valence-electron chi connectivity index (χ2n) is 10.1. The molecule has 3 heterocycles. The molecule has 5 rings (SSSR count). The number of carbonyl (C=O) groups excluding carboxylic acids is 1. The van der Waals surface area contributed by atoms with Gasteiger partial charge in [0, 0.05) is 45.3 Å². The van der Waals surface area contributed by atoms with Crippen molar-refractivity contribution in [3.63, 3.8) is 0 Å². The van der Waals surface area contributed by atoms with Crippen LogP contribution in [0.25, 0.3) is 0 Å². The average Bonchev–Trinajstić information content (AvgIpc) is 3.59. The van der Waals surface area contributed by atoms with Gasteiger partial charge in [0.1, 0.15) is 5.75 Å². The first-order valence-corrected chi connectivity index (χ1v) is 14.3. The molecule has 2 saturated heterocycles. The maximum absolute atomic E-state index is 14.0. The Balaban J connectivity index is 1.43. The van der Waals surface area contributed by atoms with Crippen molar-refractivity contribution in [2.45, 2.75) is 48.6 Å². The molecule has 3 aliphatic rings. The molecule has 1 N–H and O–H groups in total. The molecule has 1 amide bonds. The number of benzene rings is 2. The van der Waals surface area contributed by atoms with Gasteiger partial charge in [-0.1, -0.05) is 30.3 Å². The Kier molecular flexibility index (Phi) is 7.35. The van der Waals surface area contributed by atoms with Crippen molar-refractivity contribution in [1.29, 1.82) is 0 Å². The zero-order valence-electron chi connectivity index (χ0n) is 20.8. The van der Waals surface area contributed by atoms with E-state index in [2.05, 4.69) is 4.90 Å². The van der Waals surface area contributed by atoms with Crippen LogP contribution < -0.4 is 4.74 Å². The lowest BCUT2D eigenvalue weighted by Crippen LogP contribution is -2.42. The van der Waals surface area contributed by atoms with Crippen molar-refractivity contribution >= 4 is 15.9 Å². The maximum atomic E-state index is 14.0. The first-order chi connectivity index (χ1) is 17.3. The van der Waals surface area contributed by atoms with Gasteiger partial charge in [-0.2, -0.15) is 4.31 Å². The molecule has 3 aliphatic heterocycles. The first kappa shape index (κ1) is 25.2. The number of hydrogen-bond donors (Lipinski definition) is 1. The predicted molar refractivity (Wildman–Crippen MR) is 136 cm³/mol. The van der Waals surface area contributed by atoms with E-state index >= 15 is 0 Å². The minimum atomic E-state index is -3.60. The molecule has 0 radical (unpaired) electrons. The molecule has 0 saturated carbocycles. The maximum Gasteiger partial charge on any atom is 0.243 e. The summed E-state index contributed by atoms with van der Waals surface area (Å²) in [6.07, 6.45) is 2.64. The lowest BCUT2D eigenvalue weighted by molar-refractivity contribution is -0.134. The smallest absolute Gasteiger partial charge is 0.243 e. The standard InChI is InChI=1S/C27H35N3O5S/c1-28(25(20-7-3-2-4-8-20)19-29-15-11-21(31)18-29)27(32)23-12-16-35-26-10-9-22(17-24(23)26)36(33,34)30-13-5-6-14-30/h2-4,7-10,17,21,23,25,31H,5-6,11-16,18-19H2,1H3/t21-,23?,25+/m0/s1. The van der Waals surface area contributed by atoms with Crippen LogP contribution in [0, 0.1) is 0 Å². The number of likely N-dealkylation sites (N-methyl/N-ethyl adjacent to an activating group) is 1. The highest BCUT2D eigenvalue weighted by Gasteiger charge is 2.36. The third kappa shape index (κ3) is 5.02. The minimum Gasteiger partial charge on any atom is -0.493 e. The molecular formula is C27H35N3O5S. The number of amides is 1. The summed E-state index contributed by atoms with van der Waals surface area (Å²) in [5, 5.41) is 10.0. The third-order valence-electron chi connectivity index (χ3n) is 7.70. The average molecular weight is 514 g/mol. The largest absolute Gasteiger partial charge is 0.493 e. The number of aliphatic hydroxyl groups is 1. The van der Waals surface area contributed by atoms with E-state index < -0.39 is 15.9 Å². The second-order valence-corrected chi connectivity index (χ2v) is 12.0. The van der Waals surface area contributed by atoms with Gasteiger partial charge in [-0.25, -0.2) is 8.42 Å². The molecule has 0 bridgehead atoms. The van der Waals surface area contributed by atoms with Gasteiger partial charge in [0.05, 0.1) is 29.6 Å². The molecule has 0 aliphatic carbocycles. The molecule has 2 aromatic carbocycles. The monoisotopic (exact) mass is 513 g/mol. The molecule has 2 aromatic rings. The predicted octanol–water partition coefficient (Wildman–Crippen LogP) is 2.60. The highest BCUT2D eigenvalue weighted by atomic mass is 32.2. The fourth-order valence-corrected chi connectivity index (χ4v) is 7.17. The SMILES string of the molecule is CN(C(=O)C1CCOc2ccc(S(=O)(=O)N3CCCC3)cc21)[C@H](CN1CC[C@H](O)C1)c1ccccc1. The van der Waals surface area contributed by atoms with E-state index in [4.69, 9.17) is 4.74 Å². The number of aliphatic hydroxyl groups excluding tert-OH is 1. The Morgan fingerprint density at radius 2 is 1.86 bits per heavy atom. The molecule has 3 atom stereocenters. The number of likely N-dealkylation sites (tertiary alicyclic amines) is 1. The molecule has 9 heteroatoms. The summed E-state index contributed by atoms with van der Waals surface area (Å²) in [5.74, 6) is 0.0408. The summed E-state index contributed by atoms with van der Waals surface area (Å²) in [7, 11) is -1.77. The van der Waals surface area contributed by atoms with Crippen molar-refractivity contribution in [2.24, 2.45) is 0 Å². The molecule has 1 unspecified atom stereocenters. The summed E-state index contributed by atoms with van der Waals surface area (Å²) in [6.45, 7) is 3.50. The van der Waals surface area contributed by atoms with Crippen LogP contribution >= 0.6 is 0 Å². The van der Waals surface area contributed by atoms with Crippen molar-refractivity contribution in [1.82, 2.24) is 14.1 Å². The summed E-state index contributed by atoms with van der Waals surface area (Å²) in [4.78, 5) is 18.2. The third-order valence-corrected chi connectivity index (χ3v) is 9.59. The van der Waals surface area contributed by atoms with E-state index in [-0.39, 0.29) is 22.9 Å². The van der Waals surface area contributed by atoms with E-state index in [1.54, 1.807) is 23.1 Å². The normalized spacial score (nSPS) is 23.7. The van der Waals surface area contributed by atoms with Crippen molar-refractivity contribution in [3.05, 3.63) is 59.7 Å². The fraction of sp³-hybridized carbons (Fsp3) is 0.519. The van der Waals surface area contributed by atoms with Crippen molar-refractivity contribution < 1.29 is 23.1 Å². The van der Waals surface area contributed by atoms with E-state index in [1.807, 2.05) is 37.4 Å². The van der Waals surface area contributed by atoms with Gasteiger partial charge in [-0.3, -0.25) is 9.69 Å². The number of β-amino-alcohol motifs (C(OH)–C–C–N with tert-alkyl or cyclic N) is 1. The number of rotatable bonds is 7. The minimum absolute atomic E-state index is 0.0520. The van der Waals surface area contributed by atoms with E-state index in [0.29, 0.717) is 50.5 Å². The van der Waals surface area contributed by atoms with Crippen LogP contribution in [0.2, 0.25) is 0 Å². The summed E-state index contributed by atoms with van der Waals surface area (Å²) >= 11 is 0. The van der Waals surface area contributed by atoms with Gasteiger partial charge in [-0.15, -0.1) is 0 Å². The summed E-state index contributed by atoms with van der Waals surface area (Å²) in [5.41, 5.74) is 1.68. The summed E-state index contributed by atoms with van der Waals surface area (Å²) in [6, 6.07) is 14.7. The number of ether oxygens (including phenoxy) is 1. The topological polar surface area (TPSA) is 90.4 Å². The van der Waals surface area contributed by atoms with E-state index in [1.165, 1.54) is 4.31 Å². The van der Waals surface area contributed by atoms with Crippen LogP contribution in [0.3, 0.4) is 0 Å². The number of nitrogens with zero attached hydrogens (tertiary/aromatic N) is 3. The Bertz CT molecular complexity index is 1180. The molecular weight excluding hydrogens is 478 g/mol. The second kappa shape index (κ2) is 10.5. The van der Waals surface area contributed by atoms with Gasteiger partial charge in [0.2, 0.25) is 15.9 Å². The molecule has 8 nitrogen and oxygen atoms in total. The summed E-state index contributed by atoms with van der Waals surface area (Å²) < 4.78 is 33.8. The van der Waals surface area contributed by atoms with Crippen LogP contribution in [-0.2, 0) is 14.8 Å². The fourth-order valence-electron chi connectivity index (χ4n) is 5.62. The zero-order valence-corrected chi connectivity index (χ0v) is 21.6. The molecule has 2 fully saturated rings. The highest BCUT2D eigenvalue weighted by Crippen LogP contribution is 2.38.